The molecule has 34 heavy (non-hydrogen) atoms. The van der Waals surface area contributed by atoms with Crippen molar-refractivity contribution in [1.29, 1.82) is 0 Å². The van der Waals surface area contributed by atoms with E-state index < -0.39 is 12.1 Å². The molecule has 12 heteroatoms. The van der Waals surface area contributed by atoms with Crippen molar-refractivity contribution in [3.8, 4) is 0 Å². The molecule has 2 amide bonds. The van der Waals surface area contributed by atoms with Gasteiger partial charge in [-0.1, -0.05) is 6.07 Å². The minimum Gasteiger partial charge on any atom is -0.475 e. The number of carbonyl (C=O) groups is 3. The Bertz CT molecular complexity index is 1010. The van der Waals surface area contributed by atoms with Gasteiger partial charge in [0.15, 0.2) is 0 Å². The van der Waals surface area contributed by atoms with Crippen LogP contribution in [0.2, 0.25) is 0 Å². The van der Waals surface area contributed by atoms with Gasteiger partial charge in [-0.05, 0) is 44.0 Å². The van der Waals surface area contributed by atoms with E-state index in [1.165, 1.54) is 0 Å². The lowest BCUT2D eigenvalue weighted by molar-refractivity contribution is -0.192. The fourth-order valence-electron chi connectivity index (χ4n) is 3.91. The standard InChI is InChI=1S/C20H23N3O4.C2HF3O2/c1-13-4-2-6-16(22-13)20(25)23-12-14(10-18-17(23)7-9-27-18)19(24)21-11-15-5-3-8-26-15;3-2(4,5)1(6)7/h2-6,8,14,17-18H,7,9-12H2,1H3,(H,21,24);(H,6,7)/t14-,17+,18+;/m0./s1. The Hall–Kier alpha value is -3.41. The highest BCUT2D eigenvalue weighted by molar-refractivity contribution is 5.93. The minimum absolute atomic E-state index is 0.00827. The first-order valence-electron chi connectivity index (χ1n) is 10.5. The number of pyridine rings is 1. The largest absolute Gasteiger partial charge is 0.490 e. The number of aryl methyl sites for hydroxylation is 1. The molecule has 3 atom stereocenters. The van der Waals surface area contributed by atoms with E-state index in [-0.39, 0.29) is 29.9 Å². The van der Waals surface area contributed by atoms with Crippen LogP contribution in [0.15, 0.2) is 41.0 Å². The number of carboxylic acids is 1. The summed E-state index contributed by atoms with van der Waals surface area (Å²) in [6, 6.07) is 9.02. The molecule has 0 unspecified atom stereocenters. The van der Waals surface area contributed by atoms with Gasteiger partial charge in [0.1, 0.15) is 11.5 Å². The molecule has 0 spiro atoms. The van der Waals surface area contributed by atoms with E-state index in [0.717, 1.165) is 12.1 Å². The summed E-state index contributed by atoms with van der Waals surface area (Å²) in [5, 5.41) is 10.0. The zero-order valence-corrected chi connectivity index (χ0v) is 18.2. The van der Waals surface area contributed by atoms with Crippen LogP contribution in [0, 0.1) is 12.8 Å². The molecule has 2 aromatic rings. The van der Waals surface area contributed by atoms with Crippen molar-refractivity contribution in [3.05, 3.63) is 53.7 Å². The zero-order valence-electron chi connectivity index (χ0n) is 18.2. The lowest BCUT2D eigenvalue weighted by Crippen LogP contribution is -2.55. The number of aliphatic carboxylic acids is 1. The highest BCUT2D eigenvalue weighted by Crippen LogP contribution is 2.32. The van der Waals surface area contributed by atoms with E-state index in [0.29, 0.717) is 37.6 Å². The average molecular weight is 483 g/mol. The van der Waals surface area contributed by atoms with Crippen LogP contribution in [0.4, 0.5) is 13.2 Å². The second kappa shape index (κ2) is 10.7. The number of amides is 2. The lowest BCUT2D eigenvalue weighted by atomic mass is 9.89. The first kappa shape index (κ1) is 25.2. The van der Waals surface area contributed by atoms with E-state index in [4.69, 9.17) is 19.1 Å². The first-order valence-corrected chi connectivity index (χ1v) is 10.5. The Kier molecular flexibility index (Phi) is 7.92. The number of nitrogens with one attached hydrogen (secondary N) is 1. The van der Waals surface area contributed by atoms with Crippen LogP contribution in [0.5, 0.6) is 0 Å². The van der Waals surface area contributed by atoms with Gasteiger partial charge < -0.3 is 24.5 Å². The summed E-state index contributed by atoms with van der Waals surface area (Å²) in [6.07, 6.45) is -2.19. The second-order valence-corrected chi connectivity index (χ2v) is 7.92. The number of carbonyl (C=O) groups excluding carboxylic acids is 2. The van der Waals surface area contributed by atoms with E-state index >= 15 is 0 Å². The number of piperidine rings is 1. The molecule has 0 bridgehead atoms. The smallest absolute Gasteiger partial charge is 0.475 e. The van der Waals surface area contributed by atoms with Crippen molar-refractivity contribution < 1.29 is 41.8 Å². The molecule has 0 aromatic carbocycles. The van der Waals surface area contributed by atoms with Crippen LogP contribution in [0.1, 0.15) is 34.8 Å². The molecule has 0 aliphatic carbocycles. The van der Waals surface area contributed by atoms with E-state index in [1.807, 2.05) is 25.1 Å². The van der Waals surface area contributed by atoms with Gasteiger partial charge in [0.25, 0.3) is 5.91 Å². The number of alkyl halides is 3. The molecular formula is C22H24F3N3O6. The number of hydrogen-bond donors (Lipinski definition) is 2. The van der Waals surface area contributed by atoms with Gasteiger partial charge in [-0.2, -0.15) is 13.2 Å². The maximum absolute atomic E-state index is 13.1. The van der Waals surface area contributed by atoms with Crippen LogP contribution >= 0.6 is 0 Å². The van der Waals surface area contributed by atoms with Crippen molar-refractivity contribution in [3.63, 3.8) is 0 Å². The third-order valence-electron chi connectivity index (χ3n) is 5.51. The van der Waals surface area contributed by atoms with Crippen molar-refractivity contribution in [2.45, 2.75) is 44.6 Å². The molecule has 9 nitrogen and oxygen atoms in total. The Morgan fingerprint density at radius 1 is 1.24 bits per heavy atom. The Morgan fingerprint density at radius 2 is 1.97 bits per heavy atom. The molecule has 0 radical (unpaired) electrons. The Labute approximate surface area is 192 Å². The van der Waals surface area contributed by atoms with Crippen molar-refractivity contribution in [2.24, 2.45) is 5.92 Å². The number of carboxylic acid groups (broad SMARTS) is 1. The maximum Gasteiger partial charge on any atom is 0.490 e. The number of aromatic nitrogens is 1. The molecule has 2 aliphatic heterocycles. The quantitative estimate of drug-likeness (QED) is 0.685. The number of furan rings is 1. The van der Waals surface area contributed by atoms with Crippen LogP contribution < -0.4 is 5.32 Å². The first-order chi connectivity index (χ1) is 16.1. The molecule has 2 fully saturated rings. The fraction of sp³-hybridized carbons (Fsp3) is 0.455. The van der Waals surface area contributed by atoms with E-state index in [9.17, 15) is 22.8 Å². The van der Waals surface area contributed by atoms with Gasteiger partial charge in [0, 0.05) is 18.8 Å². The molecule has 2 N–H and O–H groups in total. The van der Waals surface area contributed by atoms with Crippen molar-refractivity contribution >= 4 is 17.8 Å². The summed E-state index contributed by atoms with van der Waals surface area (Å²) in [4.78, 5) is 40.8. The normalized spacial score (nSPS) is 21.8. The molecule has 2 aliphatic rings. The predicted octanol–water partition coefficient (Wildman–Crippen LogP) is 2.55. The zero-order chi connectivity index (χ0) is 24.9. The number of likely N-dealkylation sites (tertiary alicyclic amines) is 1. The van der Waals surface area contributed by atoms with Crippen LogP contribution in [-0.4, -0.2) is 64.2 Å². The molecular weight excluding hydrogens is 459 g/mol. The van der Waals surface area contributed by atoms with Crippen LogP contribution in [0.25, 0.3) is 0 Å². The number of nitrogens with zero attached hydrogens (tertiary/aromatic N) is 2. The predicted molar refractivity (Wildman–Crippen MR) is 111 cm³/mol. The molecule has 184 valence electrons. The number of hydrogen-bond acceptors (Lipinski definition) is 6. The number of ether oxygens (including phenoxy) is 1. The summed E-state index contributed by atoms with van der Waals surface area (Å²) in [7, 11) is 0. The molecule has 0 saturated carbocycles. The third-order valence-corrected chi connectivity index (χ3v) is 5.51. The van der Waals surface area contributed by atoms with E-state index in [2.05, 4.69) is 10.3 Å². The summed E-state index contributed by atoms with van der Waals surface area (Å²) in [6.45, 7) is 3.19. The number of halogens is 3. The van der Waals surface area contributed by atoms with Gasteiger partial charge in [-0.3, -0.25) is 9.59 Å². The molecule has 2 saturated heterocycles. The highest BCUT2D eigenvalue weighted by Gasteiger charge is 2.44. The van der Waals surface area contributed by atoms with Crippen LogP contribution in [0.3, 0.4) is 0 Å². The van der Waals surface area contributed by atoms with Crippen molar-refractivity contribution in [1.82, 2.24) is 15.2 Å². The van der Waals surface area contributed by atoms with Gasteiger partial charge in [-0.25, -0.2) is 9.78 Å². The lowest BCUT2D eigenvalue weighted by Gasteiger charge is -2.40. The summed E-state index contributed by atoms with van der Waals surface area (Å²) in [5.74, 6) is -2.59. The summed E-state index contributed by atoms with van der Waals surface area (Å²) in [5.41, 5.74) is 1.21. The summed E-state index contributed by atoms with van der Waals surface area (Å²) >= 11 is 0. The number of fused-ring (bicyclic) bond motifs is 1. The SMILES string of the molecule is Cc1cccc(C(=O)N2C[C@@H](C(=O)NCc3ccco3)C[C@H]3OCC[C@H]32)n1.O=C(O)C(F)(F)F. The van der Waals surface area contributed by atoms with E-state index in [1.54, 1.807) is 23.3 Å². The van der Waals surface area contributed by atoms with Gasteiger partial charge in [0.05, 0.1) is 30.9 Å². The monoisotopic (exact) mass is 483 g/mol. The number of rotatable bonds is 4. The Morgan fingerprint density at radius 3 is 2.59 bits per heavy atom. The minimum atomic E-state index is -5.08. The summed E-state index contributed by atoms with van der Waals surface area (Å²) < 4.78 is 42.8. The van der Waals surface area contributed by atoms with Gasteiger partial charge in [0.2, 0.25) is 5.91 Å². The molecule has 4 heterocycles. The van der Waals surface area contributed by atoms with Gasteiger partial charge >= 0.3 is 12.1 Å². The Balaban J connectivity index is 0.000000406. The maximum atomic E-state index is 13.1. The average Bonchev–Trinajstić information content (AvgIpc) is 3.48. The van der Waals surface area contributed by atoms with Crippen LogP contribution in [-0.2, 0) is 20.9 Å². The van der Waals surface area contributed by atoms with Crippen molar-refractivity contribution in [2.75, 3.05) is 13.2 Å². The fourth-order valence-corrected chi connectivity index (χ4v) is 3.91. The third kappa shape index (κ3) is 6.34. The molecule has 2 aromatic heterocycles. The topological polar surface area (TPSA) is 122 Å². The molecule has 4 rings (SSSR count). The van der Waals surface area contributed by atoms with Gasteiger partial charge in [-0.15, -0.1) is 0 Å². The highest BCUT2D eigenvalue weighted by atomic mass is 19.4. The second-order valence-electron chi connectivity index (χ2n) is 7.92.